The van der Waals surface area contributed by atoms with Crippen LogP contribution in [-0.4, -0.2) is 51.9 Å². The minimum Gasteiger partial charge on any atom is -0.321 e. The Bertz CT molecular complexity index is 719. The Kier molecular flexibility index (Phi) is 3.78. The third kappa shape index (κ3) is 2.77. The van der Waals surface area contributed by atoms with E-state index in [0.717, 1.165) is 23.9 Å². The normalized spacial score (nSPS) is 27.4. The van der Waals surface area contributed by atoms with E-state index < -0.39 is 9.84 Å². The van der Waals surface area contributed by atoms with Crippen molar-refractivity contribution in [3.63, 3.8) is 0 Å². The van der Waals surface area contributed by atoms with E-state index in [1.165, 1.54) is 11.2 Å². The molecule has 1 aromatic heterocycles. The highest BCUT2D eigenvalue weighted by Gasteiger charge is 2.48. The highest BCUT2D eigenvalue weighted by molar-refractivity contribution is 7.91. The SMILES string of the molecule is CN(C(=O)n1cnc(S(=O)(=O)[C@@H]2C[C@H]3CC[C@@H]2C3)n1)C(C)(C)C. The van der Waals surface area contributed by atoms with Crippen molar-refractivity contribution in [2.45, 2.75) is 62.4 Å². The quantitative estimate of drug-likeness (QED) is 0.821. The van der Waals surface area contributed by atoms with Crippen LogP contribution in [0.5, 0.6) is 0 Å². The van der Waals surface area contributed by atoms with Gasteiger partial charge in [-0.2, -0.15) is 4.68 Å². The van der Waals surface area contributed by atoms with E-state index in [0.29, 0.717) is 12.3 Å². The molecule has 7 nitrogen and oxygen atoms in total. The second kappa shape index (κ2) is 5.29. The average Bonchev–Trinajstić information content (AvgIpc) is 3.19. The van der Waals surface area contributed by atoms with E-state index in [1.54, 1.807) is 7.05 Å². The van der Waals surface area contributed by atoms with Gasteiger partial charge in [0, 0.05) is 12.6 Å². The lowest BCUT2D eigenvalue weighted by Gasteiger charge is -2.31. The molecule has 2 aliphatic rings. The predicted octanol–water partition coefficient (Wildman–Crippen LogP) is 1.94. The summed E-state index contributed by atoms with van der Waals surface area (Å²) >= 11 is 0. The molecule has 2 aliphatic carbocycles. The first-order valence-electron chi connectivity index (χ1n) is 8.04. The van der Waals surface area contributed by atoms with Gasteiger partial charge in [0.15, 0.2) is 0 Å². The lowest BCUT2D eigenvalue weighted by Crippen LogP contribution is -2.44. The summed E-state index contributed by atoms with van der Waals surface area (Å²) in [5.41, 5.74) is -0.382. The van der Waals surface area contributed by atoms with Gasteiger partial charge < -0.3 is 4.90 Å². The molecule has 128 valence electrons. The fourth-order valence-electron chi connectivity index (χ4n) is 3.61. The fourth-order valence-corrected chi connectivity index (χ4v) is 5.56. The van der Waals surface area contributed by atoms with E-state index >= 15 is 0 Å². The van der Waals surface area contributed by atoms with Crippen LogP contribution in [0.4, 0.5) is 4.79 Å². The summed E-state index contributed by atoms with van der Waals surface area (Å²) in [7, 11) is -1.90. The number of carbonyl (C=O) groups is 1. The zero-order valence-corrected chi connectivity index (χ0v) is 14.9. The Morgan fingerprint density at radius 1 is 1.30 bits per heavy atom. The number of nitrogens with zero attached hydrogens (tertiary/aromatic N) is 4. The first kappa shape index (κ1) is 16.4. The molecule has 1 heterocycles. The Labute approximate surface area is 137 Å². The van der Waals surface area contributed by atoms with Gasteiger partial charge >= 0.3 is 6.03 Å². The van der Waals surface area contributed by atoms with Crippen LogP contribution in [0.1, 0.15) is 46.5 Å². The molecule has 0 spiro atoms. The Morgan fingerprint density at radius 2 is 2.00 bits per heavy atom. The van der Waals surface area contributed by atoms with Crippen molar-refractivity contribution in [3.05, 3.63) is 6.33 Å². The lowest BCUT2D eigenvalue weighted by molar-refractivity contribution is 0.164. The standard InChI is InChI=1S/C15H24N4O3S/c1-15(2,3)18(4)14(20)19-9-16-13(17-19)23(21,22)12-8-10-5-6-11(12)7-10/h9-12H,5-8H2,1-4H3/t10-,11+,12+/m0/s1. The van der Waals surface area contributed by atoms with Crippen LogP contribution < -0.4 is 0 Å². The van der Waals surface area contributed by atoms with E-state index in [4.69, 9.17) is 0 Å². The summed E-state index contributed by atoms with van der Waals surface area (Å²) < 4.78 is 26.5. The monoisotopic (exact) mass is 340 g/mol. The molecule has 0 aromatic carbocycles. The molecular formula is C15H24N4O3S. The number of rotatable bonds is 2. The summed E-state index contributed by atoms with van der Waals surface area (Å²) in [4.78, 5) is 17.8. The Balaban J connectivity index is 1.83. The number of hydrogen-bond acceptors (Lipinski definition) is 5. The highest BCUT2D eigenvalue weighted by atomic mass is 32.2. The molecule has 8 heteroatoms. The zero-order chi connectivity index (χ0) is 17.0. The molecule has 0 N–H and O–H groups in total. The molecule has 1 amide bonds. The third-order valence-electron chi connectivity index (χ3n) is 5.29. The number of sulfone groups is 1. The van der Waals surface area contributed by atoms with Crippen LogP contribution in [0.15, 0.2) is 11.5 Å². The minimum absolute atomic E-state index is 0.217. The molecule has 23 heavy (non-hydrogen) atoms. The second-order valence-electron chi connectivity index (χ2n) is 7.74. The smallest absolute Gasteiger partial charge is 0.321 e. The van der Waals surface area contributed by atoms with Gasteiger partial charge in [0.1, 0.15) is 6.33 Å². The van der Waals surface area contributed by atoms with Gasteiger partial charge in [-0.25, -0.2) is 18.2 Å². The maximum atomic E-state index is 12.8. The summed E-state index contributed by atoms with van der Waals surface area (Å²) in [6, 6.07) is -0.389. The van der Waals surface area contributed by atoms with Gasteiger partial charge in [0.05, 0.1) is 5.25 Å². The van der Waals surface area contributed by atoms with Gasteiger partial charge in [-0.05, 0) is 51.9 Å². The number of hydrogen-bond donors (Lipinski definition) is 0. The predicted molar refractivity (Wildman–Crippen MR) is 84.8 cm³/mol. The van der Waals surface area contributed by atoms with Crippen LogP contribution in [0.3, 0.4) is 0 Å². The van der Waals surface area contributed by atoms with Gasteiger partial charge in [0.2, 0.25) is 9.84 Å². The molecule has 2 fully saturated rings. The van der Waals surface area contributed by atoms with Crippen molar-refractivity contribution in [2.24, 2.45) is 11.8 Å². The van der Waals surface area contributed by atoms with Gasteiger partial charge in [0.25, 0.3) is 5.16 Å². The van der Waals surface area contributed by atoms with Crippen molar-refractivity contribution in [3.8, 4) is 0 Å². The summed E-state index contributed by atoms with van der Waals surface area (Å²) in [6.45, 7) is 5.69. The van der Waals surface area contributed by atoms with Crippen LogP contribution in [0, 0.1) is 11.8 Å². The van der Waals surface area contributed by atoms with E-state index in [1.807, 2.05) is 20.8 Å². The number of aromatic nitrogens is 3. The topological polar surface area (TPSA) is 85.2 Å². The first-order chi connectivity index (χ1) is 10.6. The van der Waals surface area contributed by atoms with Crippen molar-refractivity contribution in [1.82, 2.24) is 19.7 Å². The third-order valence-corrected chi connectivity index (χ3v) is 7.36. The van der Waals surface area contributed by atoms with E-state index in [9.17, 15) is 13.2 Å². The molecule has 1 aromatic rings. The molecular weight excluding hydrogens is 316 g/mol. The van der Waals surface area contributed by atoms with Crippen molar-refractivity contribution in [1.29, 1.82) is 0 Å². The lowest BCUT2D eigenvalue weighted by atomic mass is 10.0. The van der Waals surface area contributed by atoms with Crippen LogP contribution in [0.25, 0.3) is 0 Å². The number of amides is 1. The largest absolute Gasteiger partial charge is 0.346 e. The molecule has 0 saturated heterocycles. The van der Waals surface area contributed by atoms with Gasteiger partial charge in [-0.15, -0.1) is 5.10 Å². The molecule has 0 unspecified atom stereocenters. The highest BCUT2D eigenvalue weighted by Crippen LogP contribution is 2.48. The van der Waals surface area contributed by atoms with Crippen molar-refractivity contribution < 1.29 is 13.2 Å². The first-order valence-corrected chi connectivity index (χ1v) is 9.59. The fraction of sp³-hybridized carbons (Fsp3) is 0.800. The number of fused-ring (bicyclic) bond motifs is 2. The maximum absolute atomic E-state index is 12.8. The molecule has 2 saturated carbocycles. The Hall–Kier alpha value is -1.44. The molecule has 3 rings (SSSR count). The molecule has 0 radical (unpaired) electrons. The minimum atomic E-state index is -3.56. The molecule has 3 atom stereocenters. The number of carbonyl (C=O) groups excluding carboxylic acids is 1. The summed E-state index contributed by atoms with van der Waals surface area (Å²) in [6.07, 6.45) is 5.01. The molecule has 2 bridgehead atoms. The summed E-state index contributed by atoms with van der Waals surface area (Å²) in [5.74, 6) is 0.750. The van der Waals surface area contributed by atoms with Crippen molar-refractivity contribution in [2.75, 3.05) is 7.05 Å². The molecule has 0 aliphatic heterocycles. The average molecular weight is 340 g/mol. The van der Waals surface area contributed by atoms with E-state index in [-0.39, 0.29) is 27.9 Å². The maximum Gasteiger partial charge on any atom is 0.346 e. The Morgan fingerprint density at radius 3 is 2.52 bits per heavy atom. The second-order valence-corrected chi connectivity index (χ2v) is 9.80. The van der Waals surface area contributed by atoms with Gasteiger partial charge in [-0.1, -0.05) is 6.42 Å². The van der Waals surface area contributed by atoms with Crippen LogP contribution in [-0.2, 0) is 9.84 Å². The van der Waals surface area contributed by atoms with Crippen LogP contribution >= 0.6 is 0 Å². The van der Waals surface area contributed by atoms with Crippen LogP contribution in [0.2, 0.25) is 0 Å². The van der Waals surface area contributed by atoms with E-state index in [2.05, 4.69) is 10.1 Å². The zero-order valence-electron chi connectivity index (χ0n) is 14.1. The van der Waals surface area contributed by atoms with Gasteiger partial charge in [-0.3, -0.25) is 0 Å². The summed E-state index contributed by atoms with van der Waals surface area (Å²) in [5, 5.41) is 3.37. The van der Waals surface area contributed by atoms with Crippen molar-refractivity contribution >= 4 is 15.9 Å².